The zero-order valence-electron chi connectivity index (χ0n) is 11.4. The highest BCUT2D eigenvalue weighted by molar-refractivity contribution is 5.90. The van der Waals surface area contributed by atoms with Crippen molar-refractivity contribution in [3.63, 3.8) is 0 Å². The molecule has 2 atom stereocenters. The zero-order chi connectivity index (χ0) is 14.0. The van der Waals surface area contributed by atoms with Gasteiger partial charge in [0.1, 0.15) is 0 Å². The number of nitrogens with one attached hydrogen (secondary N) is 2. The molecule has 0 spiro atoms. The molecule has 0 aliphatic rings. The highest BCUT2D eigenvalue weighted by atomic mass is 16.2. The number of nitrogens with two attached hydrogens (primary N) is 2. The lowest BCUT2D eigenvalue weighted by Crippen LogP contribution is -2.41. The molecule has 0 radical (unpaired) electrons. The van der Waals surface area contributed by atoms with Crippen LogP contribution in [0.5, 0.6) is 0 Å². The molecule has 0 aliphatic heterocycles. The summed E-state index contributed by atoms with van der Waals surface area (Å²) in [5, 5.41) is 5.77. The third kappa shape index (κ3) is 7.37. The third-order valence-corrected chi connectivity index (χ3v) is 2.81. The molecule has 6 heteroatoms. The summed E-state index contributed by atoms with van der Waals surface area (Å²) in [7, 11) is 0. The lowest BCUT2D eigenvalue weighted by atomic mass is 9.96. The normalized spacial score (nSPS) is 14.0. The predicted octanol–water partition coefficient (Wildman–Crippen LogP) is -1.02. The van der Waals surface area contributed by atoms with Gasteiger partial charge in [0.25, 0.3) is 0 Å². The minimum Gasteiger partial charge on any atom is -0.355 e. The minimum absolute atomic E-state index is 0.0473. The Morgan fingerprint density at radius 3 is 2.44 bits per heavy atom. The van der Waals surface area contributed by atoms with Gasteiger partial charge in [0.05, 0.1) is 6.04 Å². The molecule has 0 aliphatic carbocycles. The number of Topliss-reactive ketones (excluding diaryl/α,β-unsaturated/α-hetero) is 1. The predicted molar refractivity (Wildman–Crippen MR) is 72.0 cm³/mol. The molecule has 1 unspecified atom stereocenters. The Labute approximate surface area is 109 Å². The van der Waals surface area contributed by atoms with Crippen molar-refractivity contribution >= 4 is 11.7 Å². The number of hydrogen-bond acceptors (Lipinski definition) is 5. The number of ketones is 1. The fourth-order valence-corrected chi connectivity index (χ4v) is 1.46. The first-order valence-electron chi connectivity index (χ1n) is 6.49. The summed E-state index contributed by atoms with van der Waals surface area (Å²) in [5.41, 5.74) is 11.0. The van der Waals surface area contributed by atoms with Crippen LogP contribution in [0.25, 0.3) is 0 Å². The van der Waals surface area contributed by atoms with E-state index in [9.17, 15) is 9.59 Å². The van der Waals surface area contributed by atoms with Crippen molar-refractivity contribution in [1.82, 2.24) is 10.6 Å². The van der Waals surface area contributed by atoms with Crippen molar-refractivity contribution < 1.29 is 9.59 Å². The Morgan fingerprint density at radius 2 is 1.89 bits per heavy atom. The van der Waals surface area contributed by atoms with E-state index in [0.29, 0.717) is 19.6 Å². The van der Waals surface area contributed by atoms with Gasteiger partial charge in [-0.2, -0.15) is 0 Å². The van der Waals surface area contributed by atoms with Crippen LogP contribution in [0.3, 0.4) is 0 Å². The third-order valence-electron chi connectivity index (χ3n) is 2.81. The van der Waals surface area contributed by atoms with E-state index in [2.05, 4.69) is 10.6 Å². The fourth-order valence-electron chi connectivity index (χ4n) is 1.46. The minimum atomic E-state index is -0.697. The van der Waals surface area contributed by atoms with Gasteiger partial charge in [-0.3, -0.25) is 9.59 Å². The average Bonchev–Trinajstić information content (AvgIpc) is 2.36. The molecule has 0 fully saturated rings. The summed E-state index contributed by atoms with van der Waals surface area (Å²) in [4.78, 5) is 23.2. The molecule has 6 nitrogen and oxygen atoms in total. The van der Waals surface area contributed by atoms with Gasteiger partial charge >= 0.3 is 0 Å². The monoisotopic (exact) mass is 258 g/mol. The fraction of sp³-hybridized carbons (Fsp3) is 0.833. The standard InChI is InChI=1S/C12H26N4O2/c1-3-9(2)12(18)10(14)8-11(17)16-7-6-15-5-4-13/h9-10,15H,3-8,13-14H2,1-2H3,(H,16,17)/t9?,10-/m0/s1. The first-order chi connectivity index (χ1) is 8.52. The van der Waals surface area contributed by atoms with Gasteiger partial charge in [-0.1, -0.05) is 13.8 Å². The van der Waals surface area contributed by atoms with Gasteiger partial charge in [-0.15, -0.1) is 0 Å². The van der Waals surface area contributed by atoms with E-state index in [1.807, 2.05) is 13.8 Å². The number of hydrogen-bond donors (Lipinski definition) is 4. The number of carbonyl (C=O) groups excluding carboxylic acids is 2. The van der Waals surface area contributed by atoms with E-state index in [0.717, 1.165) is 13.0 Å². The first-order valence-corrected chi connectivity index (χ1v) is 6.49. The van der Waals surface area contributed by atoms with Crippen LogP contribution in [0.4, 0.5) is 0 Å². The number of rotatable bonds is 10. The molecule has 0 bridgehead atoms. The van der Waals surface area contributed by atoms with Crippen molar-refractivity contribution in [2.45, 2.75) is 32.7 Å². The summed E-state index contributed by atoms with van der Waals surface area (Å²) >= 11 is 0. The summed E-state index contributed by atoms with van der Waals surface area (Å²) in [6.45, 7) is 6.24. The van der Waals surface area contributed by atoms with Crippen LogP contribution < -0.4 is 22.1 Å². The first kappa shape index (κ1) is 17.0. The molecule has 0 aromatic carbocycles. The Bertz CT molecular complexity index is 258. The molecule has 0 aromatic rings. The molecule has 106 valence electrons. The molecule has 0 saturated carbocycles. The van der Waals surface area contributed by atoms with Gasteiger partial charge in [-0.05, 0) is 6.42 Å². The smallest absolute Gasteiger partial charge is 0.222 e. The van der Waals surface area contributed by atoms with Crippen LogP contribution in [0.15, 0.2) is 0 Å². The van der Waals surface area contributed by atoms with Crippen molar-refractivity contribution in [2.24, 2.45) is 17.4 Å². The van der Waals surface area contributed by atoms with Crippen LogP contribution in [0.2, 0.25) is 0 Å². The summed E-state index contributed by atoms with van der Waals surface area (Å²) in [6, 6.07) is -0.697. The van der Waals surface area contributed by atoms with Crippen LogP contribution in [-0.2, 0) is 9.59 Å². The van der Waals surface area contributed by atoms with Crippen molar-refractivity contribution in [3.05, 3.63) is 0 Å². The molecular weight excluding hydrogens is 232 g/mol. The lowest BCUT2D eigenvalue weighted by Gasteiger charge is -2.14. The number of carbonyl (C=O) groups is 2. The maximum Gasteiger partial charge on any atom is 0.222 e. The molecular formula is C12H26N4O2. The second-order valence-corrected chi connectivity index (χ2v) is 4.41. The van der Waals surface area contributed by atoms with Crippen molar-refractivity contribution in [2.75, 3.05) is 26.2 Å². The lowest BCUT2D eigenvalue weighted by molar-refractivity contribution is -0.128. The summed E-state index contributed by atoms with van der Waals surface area (Å²) in [5.74, 6) is -0.318. The maximum atomic E-state index is 11.7. The molecule has 18 heavy (non-hydrogen) atoms. The van der Waals surface area contributed by atoms with Gasteiger partial charge in [0, 0.05) is 38.5 Å². The highest BCUT2D eigenvalue weighted by Gasteiger charge is 2.21. The van der Waals surface area contributed by atoms with Gasteiger partial charge in [-0.25, -0.2) is 0 Å². The van der Waals surface area contributed by atoms with Crippen LogP contribution in [0, 0.1) is 5.92 Å². The zero-order valence-corrected chi connectivity index (χ0v) is 11.4. The van der Waals surface area contributed by atoms with Crippen molar-refractivity contribution in [3.8, 4) is 0 Å². The van der Waals surface area contributed by atoms with E-state index in [-0.39, 0.29) is 24.0 Å². The number of amides is 1. The van der Waals surface area contributed by atoms with Crippen LogP contribution in [0.1, 0.15) is 26.7 Å². The average molecular weight is 258 g/mol. The van der Waals surface area contributed by atoms with E-state index in [4.69, 9.17) is 11.5 Å². The Balaban J connectivity index is 3.77. The topological polar surface area (TPSA) is 110 Å². The van der Waals surface area contributed by atoms with Gasteiger partial charge < -0.3 is 22.1 Å². The summed E-state index contributed by atoms with van der Waals surface area (Å²) in [6.07, 6.45) is 0.803. The quantitative estimate of drug-likeness (QED) is 0.375. The molecule has 6 N–H and O–H groups in total. The van der Waals surface area contributed by atoms with Gasteiger partial charge in [0.2, 0.25) is 5.91 Å². The van der Waals surface area contributed by atoms with E-state index in [1.54, 1.807) is 0 Å². The second-order valence-electron chi connectivity index (χ2n) is 4.41. The maximum absolute atomic E-state index is 11.7. The van der Waals surface area contributed by atoms with Crippen LogP contribution in [-0.4, -0.2) is 43.9 Å². The molecule has 0 aromatic heterocycles. The van der Waals surface area contributed by atoms with E-state index >= 15 is 0 Å². The van der Waals surface area contributed by atoms with Gasteiger partial charge in [0.15, 0.2) is 5.78 Å². The Hall–Kier alpha value is -0.980. The Kier molecular flexibility index (Phi) is 9.45. The van der Waals surface area contributed by atoms with E-state index < -0.39 is 6.04 Å². The Morgan fingerprint density at radius 1 is 1.22 bits per heavy atom. The highest BCUT2D eigenvalue weighted by Crippen LogP contribution is 2.06. The molecule has 0 saturated heterocycles. The summed E-state index contributed by atoms with van der Waals surface area (Å²) < 4.78 is 0. The molecule has 0 rings (SSSR count). The van der Waals surface area contributed by atoms with Crippen molar-refractivity contribution in [1.29, 1.82) is 0 Å². The SMILES string of the molecule is CCC(C)C(=O)[C@@H](N)CC(=O)NCCNCCN. The van der Waals surface area contributed by atoms with E-state index in [1.165, 1.54) is 0 Å². The van der Waals surface area contributed by atoms with Crippen LogP contribution >= 0.6 is 0 Å². The molecule has 0 heterocycles. The molecule has 1 amide bonds. The largest absolute Gasteiger partial charge is 0.355 e. The second kappa shape index (κ2) is 9.99.